The molecule has 0 aromatic carbocycles. The zero-order valence-electron chi connectivity index (χ0n) is 10.2. The Kier molecular flexibility index (Phi) is 2.93. The fourth-order valence-corrected chi connectivity index (χ4v) is 2.87. The van der Waals surface area contributed by atoms with Crippen LogP contribution in [0.15, 0.2) is 4.52 Å². The summed E-state index contributed by atoms with van der Waals surface area (Å²) in [6.07, 6.45) is 4.51. The van der Waals surface area contributed by atoms with Crippen molar-refractivity contribution in [2.24, 2.45) is 5.92 Å². The van der Waals surface area contributed by atoms with Gasteiger partial charge >= 0.3 is 5.97 Å². The van der Waals surface area contributed by atoms with Gasteiger partial charge in [-0.25, -0.2) is 0 Å². The Morgan fingerprint density at radius 2 is 2.11 bits per heavy atom. The van der Waals surface area contributed by atoms with Crippen LogP contribution in [0.2, 0.25) is 0 Å². The van der Waals surface area contributed by atoms with Crippen LogP contribution < -0.4 is 4.90 Å². The predicted octanol–water partition coefficient (Wildman–Crippen LogP) is 1.64. The van der Waals surface area contributed by atoms with Gasteiger partial charge in [-0.1, -0.05) is 0 Å². The second-order valence-corrected chi connectivity index (χ2v) is 5.17. The summed E-state index contributed by atoms with van der Waals surface area (Å²) in [6, 6.07) is 0. The van der Waals surface area contributed by atoms with Crippen LogP contribution in [0, 0.1) is 5.92 Å². The second-order valence-electron chi connectivity index (χ2n) is 5.17. The smallest absolute Gasteiger partial charge is 0.306 e. The number of anilines is 1. The van der Waals surface area contributed by atoms with Crippen molar-refractivity contribution in [2.45, 2.75) is 38.0 Å². The summed E-state index contributed by atoms with van der Waals surface area (Å²) >= 11 is 0. The van der Waals surface area contributed by atoms with Gasteiger partial charge < -0.3 is 14.5 Å². The Morgan fingerprint density at radius 3 is 2.78 bits per heavy atom. The zero-order valence-corrected chi connectivity index (χ0v) is 10.2. The molecule has 3 rings (SSSR count). The lowest BCUT2D eigenvalue weighted by Gasteiger charge is -2.10. The first kappa shape index (κ1) is 11.5. The second kappa shape index (κ2) is 4.59. The highest BCUT2D eigenvalue weighted by atomic mass is 16.5. The van der Waals surface area contributed by atoms with E-state index < -0.39 is 5.97 Å². The first-order valence-corrected chi connectivity index (χ1v) is 6.55. The van der Waals surface area contributed by atoms with Gasteiger partial charge in [0.2, 0.25) is 5.89 Å². The normalized spacial score (nSPS) is 27.9. The molecule has 18 heavy (non-hydrogen) atoms. The minimum atomic E-state index is -0.711. The van der Waals surface area contributed by atoms with Gasteiger partial charge in [0.1, 0.15) is 0 Å². The van der Waals surface area contributed by atoms with Crippen LogP contribution in [-0.4, -0.2) is 34.3 Å². The van der Waals surface area contributed by atoms with E-state index in [0.29, 0.717) is 24.7 Å². The molecule has 1 aliphatic carbocycles. The molecule has 0 bridgehead atoms. The van der Waals surface area contributed by atoms with E-state index in [1.165, 1.54) is 12.8 Å². The van der Waals surface area contributed by atoms with E-state index in [2.05, 4.69) is 15.0 Å². The molecule has 2 heterocycles. The third kappa shape index (κ3) is 2.07. The Morgan fingerprint density at radius 1 is 1.33 bits per heavy atom. The van der Waals surface area contributed by atoms with Crippen LogP contribution in [-0.2, 0) is 4.79 Å². The summed E-state index contributed by atoms with van der Waals surface area (Å²) in [7, 11) is 0. The van der Waals surface area contributed by atoms with Gasteiger partial charge in [0, 0.05) is 19.0 Å². The average Bonchev–Trinajstić information content (AvgIpc) is 3.10. The van der Waals surface area contributed by atoms with Gasteiger partial charge in [-0.15, -0.1) is 0 Å². The van der Waals surface area contributed by atoms with Crippen molar-refractivity contribution in [3.8, 4) is 0 Å². The number of hydrogen-bond donors (Lipinski definition) is 1. The Balaban J connectivity index is 1.68. The van der Waals surface area contributed by atoms with E-state index >= 15 is 0 Å². The van der Waals surface area contributed by atoms with Crippen molar-refractivity contribution in [1.29, 1.82) is 0 Å². The molecule has 0 amide bonds. The van der Waals surface area contributed by atoms with Crippen molar-refractivity contribution in [1.82, 2.24) is 10.1 Å². The molecule has 1 saturated carbocycles. The minimum absolute atomic E-state index is 0.120. The molecule has 2 unspecified atom stereocenters. The number of hydrogen-bond acceptors (Lipinski definition) is 5. The van der Waals surface area contributed by atoms with E-state index in [1.807, 2.05) is 0 Å². The van der Waals surface area contributed by atoms with E-state index in [-0.39, 0.29) is 11.8 Å². The third-order valence-corrected chi connectivity index (χ3v) is 3.95. The Hall–Kier alpha value is -1.59. The van der Waals surface area contributed by atoms with Crippen molar-refractivity contribution in [3.05, 3.63) is 5.89 Å². The van der Waals surface area contributed by atoms with Crippen LogP contribution in [0.1, 0.15) is 43.9 Å². The average molecular weight is 251 g/mol. The highest BCUT2D eigenvalue weighted by Gasteiger charge is 2.34. The fraction of sp³-hybridized carbons (Fsp3) is 0.750. The molecule has 1 saturated heterocycles. The van der Waals surface area contributed by atoms with Gasteiger partial charge in [0.15, 0.2) is 0 Å². The van der Waals surface area contributed by atoms with E-state index in [1.54, 1.807) is 0 Å². The molecule has 6 heteroatoms. The van der Waals surface area contributed by atoms with E-state index in [0.717, 1.165) is 19.5 Å². The Bertz CT molecular complexity index is 440. The summed E-state index contributed by atoms with van der Waals surface area (Å²) in [5.41, 5.74) is 0. The number of nitrogens with zero attached hydrogens (tertiary/aromatic N) is 3. The van der Waals surface area contributed by atoms with Crippen molar-refractivity contribution in [2.75, 3.05) is 18.0 Å². The fourth-order valence-electron chi connectivity index (χ4n) is 2.87. The largest absolute Gasteiger partial charge is 0.481 e. The zero-order chi connectivity index (χ0) is 12.5. The quantitative estimate of drug-likeness (QED) is 0.879. The highest BCUT2D eigenvalue weighted by molar-refractivity contribution is 5.70. The van der Waals surface area contributed by atoms with Crippen molar-refractivity contribution in [3.63, 3.8) is 0 Å². The molecule has 0 radical (unpaired) electrons. The summed E-state index contributed by atoms with van der Waals surface area (Å²) < 4.78 is 5.29. The maximum absolute atomic E-state index is 10.9. The standard InChI is InChI=1S/C12H17N3O3/c16-11(17)9-4-3-8(7-9)10-13-12(14-18-10)15-5-1-2-6-15/h8-9H,1-7H2,(H,16,17). The molecule has 1 aliphatic heterocycles. The summed E-state index contributed by atoms with van der Waals surface area (Å²) in [6.45, 7) is 1.97. The molecule has 2 atom stereocenters. The van der Waals surface area contributed by atoms with Gasteiger partial charge in [-0.3, -0.25) is 4.79 Å². The van der Waals surface area contributed by atoms with E-state index in [4.69, 9.17) is 9.63 Å². The third-order valence-electron chi connectivity index (χ3n) is 3.95. The number of rotatable bonds is 3. The van der Waals surface area contributed by atoms with Gasteiger partial charge in [-0.2, -0.15) is 4.98 Å². The summed E-state index contributed by atoms with van der Waals surface area (Å²) in [5, 5.41) is 13.0. The summed E-state index contributed by atoms with van der Waals surface area (Å²) in [5.74, 6) is 0.436. The number of aromatic nitrogens is 2. The minimum Gasteiger partial charge on any atom is -0.481 e. The molecular weight excluding hydrogens is 234 g/mol. The lowest BCUT2D eigenvalue weighted by molar-refractivity contribution is -0.141. The van der Waals surface area contributed by atoms with Crippen LogP contribution in [0.25, 0.3) is 0 Å². The lowest BCUT2D eigenvalue weighted by Crippen LogP contribution is -2.19. The number of carboxylic acid groups (broad SMARTS) is 1. The highest BCUT2D eigenvalue weighted by Crippen LogP contribution is 2.38. The summed E-state index contributed by atoms with van der Waals surface area (Å²) in [4.78, 5) is 17.5. The molecule has 2 fully saturated rings. The van der Waals surface area contributed by atoms with Gasteiger partial charge in [0.25, 0.3) is 5.95 Å². The predicted molar refractivity (Wildman–Crippen MR) is 63.5 cm³/mol. The maximum atomic E-state index is 10.9. The van der Waals surface area contributed by atoms with E-state index in [9.17, 15) is 4.79 Å². The molecule has 6 nitrogen and oxygen atoms in total. The molecule has 98 valence electrons. The lowest BCUT2D eigenvalue weighted by atomic mass is 10.1. The monoisotopic (exact) mass is 251 g/mol. The molecule has 1 aromatic rings. The van der Waals surface area contributed by atoms with Gasteiger partial charge in [0.05, 0.1) is 5.92 Å². The van der Waals surface area contributed by atoms with Gasteiger partial charge in [-0.05, 0) is 37.3 Å². The van der Waals surface area contributed by atoms with Crippen LogP contribution >= 0.6 is 0 Å². The number of carboxylic acids is 1. The molecule has 0 spiro atoms. The molecule has 2 aliphatic rings. The number of carbonyl (C=O) groups is 1. The Labute approximate surface area is 105 Å². The molecular formula is C12H17N3O3. The maximum Gasteiger partial charge on any atom is 0.306 e. The van der Waals surface area contributed by atoms with Crippen molar-refractivity contribution >= 4 is 11.9 Å². The first-order chi connectivity index (χ1) is 8.74. The van der Waals surface area contributed by atoms with Crippen LogP contribution in [0.5, 0.6) is 0 Å². The van der Waals surface area contributed by atoms with Crippen LogP contribution in [0.4, 0.5) is 5.95 Å². The van der Waals surface area contributed by atoms with Crippen LogP contribution in [0.3, 0.4) is 0 Å². The number of aliphatic carboxylic acids is 1. The topological polar surface area (TPSA) is 79.5 Å². The van der Waals surface area contributed by atoms with Crippen molar-refractivity contribution < 1.29 is 14.4 Å². The molecule has 1 aromatic heterocycles. The first-order valence-electron chi connectivity index (χ1n) is 6.55. The molecule has 1 N–H and O–H groups in total. The SMILES string of the molecule is O=C(O)C1CCC(c2nc(N3CCCC3)no2)C1.